The van der Waals surface area contributed by atoms with Crippen LogP contribution in [0.1, 0.15) is 58.4 Å². The number of hydrogen-bond donors (Lipinski definition) is 1. The molecule has 0 bridgehead atoms. The van der Waals surface area contributed by atoms with Crippen molar-refractivity contribution in [1.82, 2.24) is 14.8 Å². The Kier molecular flexibility index (Phi) is 6.18. The third-order valence-corrected chi connectivity index (χ3v) is 7.04. The number of imide groups is 1. The van der Waals surface area contributed by atoms with E-state index in [4.69, 9.17) is 4.74 Å². The van der Waals surface area contributed by atoms with E-state index in [1.54, 1.807) is 24.3 Å². The lowest BCUT2D eigenvalue weighted by Crippen LogP contribution is -2.30. The maximum absolute atomic E-state index is 12.4. The molecule has 172 valence electrons. The van der Waals surface area contributed by atoms with Gasteiger partial charge in [-0.15, -0.1) is 0 Å². The van der Waals surface area contributed by atoms with Gasteiger partial charge in [0, 0.05) is 29.7 Å². The molecule has 1 aromatic heterocycles. The van der Waals surface area contributed by atoms with E-state index in [-0.39, 0.29) is 11.8 Å². The van der Waals surface area contributed by atoms with Crippen molar-refractivity contribution >= 4 is 22.7 Å². The summed E-state index contributed by atoms with van der Waals surface area (Å²) in [6, 6.07) is 13.9. The lowest BCUT2D eigenvalue weighted by Gasteiger charge is -2.18. The van der Waals surface area contributed by atoms with E-state index in [0.29, 0.717) is 30.3 Å². The Bertz CT molecular complexity index is 1130. The molecule has 2 aromatic carbocycles. The predicted molar refractivity (Wildman–Crippen MR) is 129 cm³/mol. The molecule has 33 heavy (non-hydrogen) atoms. The van der Waals surface area contributed by atoms with Crippen LogP contribution >= 0.6 is 0 Å². The van der Waals surface area contributed by atoms with Crippen LogP contribution in [-0.2, 0) is 6.42 Å². The number of rotatable bonds is 9. The number of carbonyl (C=O) groups excluding carboxylic acids is 2. The zero-order valence-electron chi connectivity index (χ0n) is 19.2. The second-order valence-corrected chi connectivity index (χ2v) is 9.22. The van der Waals surface area contributed by atoms with Gasteiger partial charge in [0.1, 0.15) is 5.75 Å². The first kappa shape index (κ1) is 21.7. The molecule has 1 saturated heterocycles. The monoisotopic (exact) mass is 445 g/mol. The number of ether oxygens (including phenoxy) is 1. The Balaban J connectivity index is 1.09. The smallest absolute Gasteiger partial charge is 0.261 e. The van der Waals surface area contributed by atoms with Gasteiger partial charge >= 0.3 is 0 Å². The van der Waals surface area contributed by atoms with Gasteiger partial charge in [0.2, 0.25) is 0 Å². The van der Waals surface area contributed by atoms with Crippen LogP contribution in [0.2, 0.25) is 0 Å². The maximum atomic E-state index is 12.4. The fraction of sp³-hybridized carbons (Fsp3) is 0.407. The number of H-pyrrole nitrogens is 1. The topological polar surface area (TPSA) is 65.6 Å². The molecule has 0 saturated carbocycles. The van der Waals surface area contributed by atoms with Crippen molar-refractivity contribution in [3.8, 4) is 5.75 Å². The number of nitrogens with one attached hydrogen (secondary N) is 1. The van der Waals surface area contributed by atoms with E-state index in [1.165, 1.54) is 35.2 Å². The number of aromatic nitrogens is 1. The average molecular weight is 446 g/mol. The van der Waals surface area contributed by atoms with Crippen LogP contribution < -0.4 is 4.74 Å². The number of aromatic amines is 1. The van der Waals surface area contributed by atoms with Crippen LogP contribution in [0.4, 0.5) is 0 Å². The predicted octanol–water partition coefficient (Wildman–Crippen LogP) is 4.65. The van der Waals surface area contributed by atoms with E-state index in [0.717, 1.165) is 36.9 Å². The molecular formula is C27H31N3O3. The van der Waals surface area contributed by atoms with Crippen LogP contribution in [0.25, 0.3) is 10.9 Å². The molecule has 1 N–H and O–H groups in total. The van der Waals surface area contributed by atoms with Gasteiger partial charge in [0.05, 0.1) is 17.7 Å². The van der Waals surface area contributed by atoms with Crippen molar-refractivity contribution in [3.63, 3.8) is 0 Å². The summed E-state index contributed by atoms with van der Waals surface area (Å²) < 4.78 is 6.02. The quantitative estimate of drug-likeness (QED) is 0.385. The van der Waals surface area contributed by atoms with Crippen molar-refractivity contribution < 1.29 is 14.3 Å². The van der Waals surface area contributed by atoms with Gasteiger partial charge in [-0.3, -0.25) is 14.5 Å². The number of amides is 2. The SMILES string of the molecule is CN1CCCC1Cc1c[nH]c2ccc(OCCCCCN3C(=O)c4ccccc4C3=O)cc12. The molecule has 0 aliphatic carbocycles. The highest BCUT2D eigenvalue weighted by molar-refractivity contribution is 6.21. The van der Waals surface area contributed by atoms with Crippen LogP contribution in [0, 0.1) is 0 Å². The number of likely N-dealkylation sites (N-methyl/N-ethyl adjacent to an activating group) is 1. The first-order valence-electron chi connectivity index (χ1n) is 12.0. The Morgan fingerprint density at radius 2 is 1.82 bits per heavy atom. The lowest BCUT2D eigenvalue weighted by atomic mass is 10.0. The zero-order chi connectivity index (χ0) is 22.8. The largest absolute Gasteiger partial charge is 0.494 e. The van der Waals surface area contributed by atoms with Crippen molar-refractivity contribution in [3.05, 3.63) is 65.4 Å². The minimum absolute atomic E-state index is 0.175. The summed E-state index contributed by atoms with van der Waals surface area (Å²) in [5.41, 5.74) is 3.55. The van der Waals surface area contributed by atoms with Gasteiger partial charge in [-0.05, 0) is 88.0 Å². The Hall–Kier alpha value is -3.12. The Labute approximate surface area is 194 Å². The van der Waals surface area contributed by atoms with Gasteiger partial charge in [-0.1, -0.05) is 12.1 Å². The van der Waals surface area contributed by atoms with Crippen molar-refractivity contribution in [2.75, 3.05) is 26.7 Å². The summed E-state index contributed by atoms with van der Waals surface area (Å²) in [4.78, 5) is 32.1. The third kappa shape index (κ3) is 4.40. The van der Waals surface area contributed by atoms with Gasteiger partial charge in [-0.2, -0.15) is 0 Å². The highest BCUT2D eigenvalue weighted by atomic mass is 16.5. The van der Waals surface area contributed by atoms with Crippen LogP contribution in [0.3, 0.4) is 0 Å². The number of nitrogens with zero attached hydrogens (tertiary/aromatic N) is 2. The minimum Gasteiger partial charge on any atom is -0.494 e. The summed E-state index contributed by atoms with van der Waals surface area (Å²) in [5.74, 6) is 0.543. The molecule has 6 heteroatoms. The number of likely N-dealkylation sites (tertiary alicyclic amines) is 1. The molecule has 1 unspecified atom stereocenters. The zero-order valence-corrected chi connectivity index (χ0v) is 19.2. The molecule has 3 aromatic rings. The number of hydrogen-bond acceptors (Lipinski definition) is 4. The number of carbonyl (C=O) groups is 2. The molecule has 1 fully saturated rings. The Morgan fingerprint density at radius 3 is 2.55 bits per heavy atom. The molecule has 1 atom stereocenters. The van der Waals surface area contributed by atoms with Gasteiger partial charge in [0.25, 0.3) is 11.8 Å². The normalized spacial score (nSPS) is 18.5. The van der Waals surface area contributed by atoms with E-state index < -0.39 is 0 Å². The minimum atomic E-state index is -0.175. The van der Waals surface area contributed by atoms with Gasteiger partial charge in [0.15, 0.2) is 0 Å². The molecule has 0 radical (unpaired) electrons. The van der Waals surface area contributed by atoms with Gasteiger partial charge < -0.3 is 14.6 Å². The van der Waals surface area contributed by atoms with Crippen LogP contribution in [0.5, 0.6) is 5.75 Å². The fourth-order valence-corrected chi connectivity index (χ4v) is 5.09. The van der Waals surface area contributed by atoms with Gasteiger partial charge in [-0.25, -0.2) is 0 Å². The van der Waals surface area contributed by atoms with E-state index in [1.807, 2.05) is 6.07 Å². The van der Waals surface area contributed by atoms with Crippen molar-refractivity contribution in [1.29, 1.82) is 0 Å². The van der Waals surface area contributed by atoms with E-state index >= 15 is 0 Å². The molecule has 3 heterocycles. The van der Waals surface area contributed by atoms with Crippen molar-refractivity contribution in [2.45, 2.75) is 44.6 Å². The molecule has 2 aliphatic heterocycles. The average Bonchev–Trinajstić information content (AvgIpc) is 3.49. The molecule has 5 rings (SSSR count). The molecular weight excluding hydrogens is 414 g/mol. The highest BCUT2D eigenvalue weighted by Crippen LogP contribution is 2.28. The van der Waals surface area contributed by atoms with Crippen LogP contribution in [-0.4, -0.2) is 59.4 Å². The standard InChI is InChI=1S/C27H31N3O3/c1-29-13-7-8-20(29)16-19-18-28-25-12-11-21(17-24(19)25)33-15-6-2-5-14-30-26(31)22-9-3-4-10-23(22)27(30)32/h3-4,9-12,17-18,20,28H,2,5-8,13-16H2,1H3. The number of fused-ring (bicyclic) bond motifs is 2. The Morgan fingerprint density at radius 1 is 1.03 bits per heavy atom. The molecule has 6 nitrogen and oxygen atoms in total. The molecule has 2 amide bonds. The number of unbranched alkanes of at least 4 members (excludes halogenated alkanes) is 2. The van der Waals surface area contributed by atoms with Crippen LogP contribution in [0.15, 0.2) is 48.7 Å². The summed E-state index contributed by atoms with van der Waals surface area (Å²) in [6.45, 7) is 2.27. The number of benzene rings is 2. The van der Waals surface area contributed by atoms with E-state index in [9.17, 15) is 9.59 Å². The maximum Gasteiger partial charge on any atom is 0.261 e. The fourth-order valence-electron chi connectivity index (χ4n) is 5.09. The summed E-state index contributed by atoms with van der Waals surface area (Å²) in [5, 5.41) is 1.25. The molecule has 2 aliphatic rings. The summed E-state index contributed by atoms with van der Waals surface area (Å²) in [6.07, 6.45) is 8.32. The van der Waals surface area contributed by atoms with Crippen molar-refractivity contribution in [2.24, 2.45) is 0 Å². The summed E-state index contributed by atoms with van der Waals surface area (Å²) in [7, 11) is 2.22. The summed E-state index contributed by atoms with van der Waals surface area (Å²) >= 11 is 0. The second kappa shape index (κ2) is 9.40. The lowest BCUT2D eigenvalue weighted by molar-refractivity contribution is 0.0651. The second-order valence-electron chi connectivity index (χ2n) is 9.22. The molecule has 0 spiro atoms. The van der Waals surface area contributed by atoms with E-state index in [2.05, 4.69) is 35.3 Å². The first-order valence-corrected chi connectivity index (χ1v) is 12.0. The third-order valence-electron chi connectivity index (χ3n) is 7.04. The first-order chi connectivity index (χ1) is 16.1. The highest BCUT2D eigenvalue weighted by Gasteiger charge is 2.34.